The van der Waals surface area contributed by atoms with Crippen molar-refractivity contribution in [3.05, 3.63) is 23.7 Å². The lowest BCUT2D eigenvalue weighted by Crippen LogP contribution is -2.65. The molecular formula is C16H25N5O3. The maximum absolute atomic E-state index is 13.1. The Bertz CT molecular complexity index is 554. The van der Waals surface area contributed by atoms with Gasteiger partial charge in [0.2, 0.25) is 0 Å². The summed E-state index contributed by atoms with van der Waals surface area (Å²) in [5.41, 5.74) is 4.78. The molecule has 0 bridgehead atoms. The summed E-state index contributed by atoms with van der Waals surface area (Å²) >= 11 is 0. The van der Waals surface area contributed by atoms with Gasteiger partial charge in [0.1, 0.15) is 18.1 Å². The number of piperazine rings is 1. The second-order valence-electron chi connectivity index (χ2n) is 6.29. The first kappa shape index (κ1) is 16.9. The molecule has 3 rings (SSSR count). The first-order chi connectivity index (χ1) is 11.6. The Hall–Kier alpha value is -1.90. The van der Waals surface area contributed by atoms with Crippen molar-refractivity contribution in [2.45, 2.75) is 13.1 Å². The van der Waals surface area contributed by atoms with Gasteiger partial charge in [0.25, 0.3) is 5.91 Å². The summed E-state index contributed by atoms with van der Waals surface area (Å²) in [6.45, 7) is 7.25. The number of ether oxygens (including phenoxy) is 1. The molecule has 1 amide bonds. The summed E-state index contributed by atoms with van der Waals surface area (Å²) < 4.78 is 5.46. The summed E-state index contributed by atoms with van der Waals surface area (Å²) in [5, 5.41) is 1.67. The van der Waals surface area contributed by atoms with Gasteiger partial charge < -0.3 is 19.4 Å². The van der Waals surface area contributed by atoms with E-state index < -0.39 is 0 Å². The lowest BCUT2D eigenvalue weighted by atomic mass is 10.2. The number of nitrogens with zero attached hydrogens (tertiary/aromatic N) is 4. The van der Waals surface area contributed by atoms with E-state index in [1.165, 1.54) is 6.08 Å². The Morgan fingerprint density at radius 1 is 1.25 bits per heavy atom. The standard InChI is InChI=1S/C16H25N5O3/c1-13(19-7-5-18(2)6-8-19)15-16(23)20-9-11-24-12-14(20)17-21(15)4-3-10-22/h3-4,10,14,17H,5-9,11-12H2,1-2H3/b4-3-,15-13+. The van der Waals surface area contributed by atoms with Gasteiger partial charge in [-0.2, -0.15) is 0 Å². The lowest BCUT2D eigenvalue weighted by molar-refractivity contribution is -0.147. The van der Waals surface area contributed by atoms with E-state index in [1.54, 1.807) is 11.2 Å². The molecule has 1 atom stereocenters. The number of aldehydes is 1. The van der Waals surface area contributed by atoms with E-state index in [1.807, 2.05) is 11.8 Å². The van der Waals surface area contributed by atoms with Crippen LogP contribution in [0.4, 0.5) is 0 Å². The second kappa shape index (κ2) is 7.33. The number of fused-ring (bicyclic) bond motifs is 1. The molecular weight excluding hydrogens is 310 g/mol. The first-order valence-electron chi connectivity index (χ1n) is 8.32. The summed E-state index contributed by atoms with van der Waals surface area (Å²) in [5.74, 6) is -0.0194. The highest BCUT2D eigenvalue weighted by molar-refractivity contribution is 5.94. The van der Waals surface area contributed by atoms with Crippen molar-refractivity contribution in [3.63, 3.8) is 0 Å². The van der Waals surface area contributed by atoms with E-state index in [2.05, 4.69) is 22.3 Å². The van der Waals surface area contributed by atoms with Crippen molar-refractivity contribution in [1.29, 1.82) is 0 Å². The number of hydrazine groups is 1. The monoisotopic (exact) mass is 335 g/mol. The van der Waals surface area contributed by atoms with Crippen LogP contribution in [0, 0.1) is 0 Å². The van der Waals surface area contributed by atoms with Crippen molar-refractivity contribution in [1.82, 2.24) is 25.1 Å². The Morgan fingerprint density at radius 2 is 2.00 bits per heavy atom. The van der Waals surface area contributed by atoms with Gasteiger partial charge >= 0.3 is 0 Å². The largest absolute Gasteiger partial charge is 0.376 e. The maximum atomic E-state index is 13.1. The highest BCUT2D eigenvalue weighted by Crippen LogP contribution is 2.24. The highest BCUT2D eigenvalue weighted by Gasteiger charge is 2.39. The van der Waals surface area contributed by atoms with Crippen molar-refractivity contribution in [2.24, 2.45) is 0 Å². The SMILES string of the molecule is C/C(=C1/C(=O)N2CCOCC2NN1/C=C\C=O)N1CCN(C)CC1. The fourth-order valence-electron chi connectivity index (χ4n) is 3.28. The predicted molar refractivity (Wildman–Crippen MR) is 88.3 cm³/mol. The van der Waals surface area contributed by atoms with Crippen molar-refractivity contribution >= 4 is 12.2 Å². The normalized spacial score (nSPS) is 28.3. The van der Waals surface area contributed by atoms with Gasteiger partial charge in [0.05, 0.1) is 13.2 Å². The van der Waals surface area contributed by atoms with E-state index in [-0.39, 0.29) is 12.1 Å². The topological polar surface area (TPSA) is 68.4 Å². The molecule has 1 N–H and O–H groups in total. The minimum absolute atomic E-state index is 0.0194. The highest BCUT2D eigenvalue weighted by atomic mass is 16.5. The predicted octanol–water partition coefficient (Wildman–Crippen LogP) is -0.817. The molecule has 0 saturated carbocycles. The zero-order valence-electron chi connectivity index (χ0n) is 14.3. The van der Waals surface area contributed by atoms with Crippen LogP contribution in [0.5, 0.6) is 0 Å². The van der Waals surface area contributed by atoms with Crippen LogP contribution in [0.1, 0.15) is 6.92 Å². The zero-order chi connectivity index (χ0) is 17.1. The Kier molecular flexibility index (Phi) is 5.17. The van der Waals surface area contributed by atoms with E-state index in [9.17, 15) is 9.59 Å². The van der Waals surface area contributed by atoms with E-state index in [0.717, 1.165) is 31.9 Å². The van der Waals surface area contributed by atoms with Crippen LogP contribution in [-0.4, -0.2) is 91.1 Å². The number of hydrogen-bond acceptors (Lipinski definition) is 7. The third-order valence-electron chi connectivity index (χ3n) is 4.75. The molecule has 0 radical (unpaired) electrons. The molecule has 0 aromatic carbocycles. The summed E-state index contributed by atoms with van der Waals surface area (Å²) in [6.07, 6.45) is 3.49. The van der Waals surface area contributed by atoms with Crippen LogP contribution < -0.4 is 5.43 Å². The molecule has 1 unspecified atom stereocenters. The molecule has 8 nitrogen and oxygen atoms in total. The molecule has 0 aliphatic carbocycles. The molecule has 8 heteroatoms. The van der Waals surface area contributed by atoms with E-state index in [0.29, 0.717) is 31.7 Å². The Balaban J connectivity index is 1.90. The van der Waals surface area contributed by atoms with Crippen molar-refractivity contribution in [2.75, 3.05) is 53.0 Å². The fourth-order valence-corrected chi connectivity index (χ4v) is 3.28. The molecule has 0 aromatic heterocycles. The van der Waals surface area contributed by atoms with Crippen LogP contribution in [-0.2, 0) is 14.3 Å². The molecule has 3 aliphatic rings. The number of morpholine rings is 1. The van der Waals surface area contributed by atoms with Crippen LogP contribution in [0.3, 0.4) is 0 Å². The van der Waals surface area contributed by atoms with Crippen LogP contribution >= 0.6 is 0 Å². The number of carbonyl (C=O) groups is 2. The molecule has 0 spiro atoms. The number of likely N-dealkylation sites (N-methyl/N-ethyl adjacent to an activating group) is 1. The maximum Gasteiger partial charge on any atom is 0.275 e. The molecule has 132 valence electrons. The second-order valence-corrected chi connectivity index (χ2v) is 6.29. The van der Waals surface area contributed by atoms with Gasteiger partial charge in [-0.3, -0.25) is 14.6 Å². The average Bonchev–Trinajstić information content (AvgIpc) is 2.60. The smallest absolute Gasteiger partial charge is 0.275 e. The zero-order valence-corrected chi connectivity index (χ0v) is 14.3. The molecule has 3 heterocycles. The van der Waals surface area contributed by atoms with Gasteiger partial charge in [0, 0.05) is 44.6 Å². The summed E-state index contributed by atoms with van der Waals surface area (Å²) in [7, 11) is 2.10. The van der Waals surface area contributed by atoms with E-state index >= 15 is 0 Å². The molecule has 24 heavy (non-hydrogen) atoms. The van der Waals surface area contributed by atoms with Gasteiger partial charge in [-0.25, -0.2) is 5.43 Å². The summed E-state index contributed by atoms with van der Waals surface area (Å²) in [6, 6.07) is 0. The average molecular weight is 335 g/mol. The minimum Gasteiger partial charge on any atom is -0.376 e. The number of allylic oxidation sites excluding steroid dienone is 2. The van der Waals surface area contributed by atoms with Crippen LogP contribution in [0.2, 0.25) is 0 Å². The van der Waals surface area contributed by atoms with Gasteiger partial charge in [-0.15, -0.1) is 0 Å². The van der Waals surface area contributed by atoms with Crippen LogP contribution in [0.25, 0.3) is 0 Å². The minimum atomic E-state index is -0.202. The number of carbonyl (C=O) groups excluding carboxylic acids is 2. The van der Waals surface area contributed by atoms with Gasteiger partial charge in [0.15, 0.2) is 0 Å². The number of rotatable bonds is 3. The lowest BCUT2D eigenvalue weighted by Gasteiger charge is -2.46. The van der Waals surface area contributed by atoms with Crippen molar-refractivity contribution < 1.29 is 14.3 Å². The quantitative estimate of drug-likeness (QED) is 0.534. The van der Waals surface area contributed by atoms with Gasteiger partial charge in [-0.1, -0.05) is 0 Å². The first-order valence-corrected chi connectivity index (χ1v) is 8.32. The van der Waals surface area contributed by atoms with Crippen LogP contribution in [0.15, 0.2) is 23.7 Å². The Morgan fingerprint density at radius 3 is 2.71 bits per heavy atom. The number of amides is 1. The third-order valence-corrected chi connectivity index (χ3v) is 4.75. The van der Waals surface area contributed by atoms with Gasteiger partial charge in [-0.05, 0) is 20.0 Å². The molecule has 3 saturated heterocycles. The molecule has 3 aliphatic heterocycles. The van der Waals surface area contributed by atoms with E-state index in [4.69, 9.17) is 4.74 Å². The third kappa shape index (κ3) is 3.31. The fraction of sp³-hybridized carbons (Fsp3) is 0.625. The Labute approximate surface area is 142 Å². The molecule has 0 aromatic rings. The molecule has 3 fully saturated rings. The van der Waals surface area contributed by atoms with Crippen molar-refractivity contribution in [3.8, 4) is 0 Å². The number of hydrogen-bond donors (Lipinski definition) is 1. The summed E-state index contributed by atoms with van der Waals surface area (Å²) in [4.78, 5) is 30.1. The number of nitrogens with one attached hydrogen (secondary N) is 1.